The molecule has 2 N–H and O–H groups in total. The molecule has 3 aliphatic heterocycles. The molecule has 1 aromatic rings. The Kier molecular flexibility index (Phi) is 4.18. The number of fused-ring (bicyclic) bond motifs is 3. The minimum atomic E-state index is 0.448. The molecule has 0 bridgehead atoms. The molecule has 6 heteroatoms. The number of nitrogens with zero attached hydrogens (tertiary/aromatic N) is 3. The van der Waals surface area contributed by atoms with E-state index in [2.05, 4.69) is 21.7 Å². The van der Waals surface area contributed by atoms with Gasteiger partial charge in [-0.1, -0.05) is 0 Å². The third-order valence-corrected chi connectivity index (χ3v) is 5.79. The van der Waals surface area contributed by atoms with Gasteiger partial charge in [-0.15, -0.1) is 0 Å². The van der Waals surface area contributed by atoms with Crippen LogP contribution in [0.2, 0.25) is 0 Å². The van der Waals surface area contributed by atoms with Gasteiger partial charge < -0.3 is 25.0 Å². The van der Waals surface area contributed by atoms with Gasteiger partial charge in [0.2, 0.25) is 0 Å². The summed E-state index contributed by atoms with van der Waals surface area (Å²) in [5.41, 5.74) is 7.79. The fraction of sp³-hybridized carbons (Fsp3) is 0.667. The van der Waals surface area contributed by atoms with Crippen LogP contribution in [0.25, 0.3) is 0 Å². The van der Waals surface area contributed by atoms with Crippen LogP contribution < -0.4 is 20.1 Å². The van der Waals surface area contributed by atoms with Crippen LogP contribution >= 0.6 is 0 Å². The van der Waals surface area contributed by atoms with Crippen LogP contribution in [0.15, 0.2) is 12.1 Å². The topological polar surface area (TPSA) is 54.2 Å². The molecule has 0 amide bonds. The second-order valence-corrected chi connectivity index (χ2v) is 7.24. The van der Waals surface area contributed by atoms with Crippen molar-refractivity contribution >= 4 is 11.4 Å². The average molecular weight is 332 g/mol. The molecule has 2 fully saturated rings. The minimum absolute atomic E-state index is 0.448. The van der Waals surface area contributed by atoms with Crippen molar-refractivity contribution in [2.24, 2.45) is 0 Å². The predicted molar refractivity (Wildman–Crippen MR) is 96.1 cm³/mol. The normalized spacial score (nSPS) is 28.0. The Bertz CT molecular complexity index is 601. The van der Waals surface area contributed by atoms with Gasteiger partial charge in [0, 0.05) is 50.9 Å². The molecule has 0 radical (unpaired) electrons. The van der Waals surface area contributed by atoms with Gasteiger partial charge in [0.1, 0.15) is 18.1 Å². The molecule has 132 valence electrons. The SMILES string of the molecule is COc1cc2c(cc1N)OC[C@H]1C[C@@H](N3CCN(C)CC3)CCN21. The number of hydrogen-bond acceptors (Lipinski definition) is 6. The summed E-state index contributed by atoms with van der Waals surface area (Å²) in [5.74, 6) is 1.63. The van der Waals surface area contributed by atoms with Crippen molar-refractivity contribution in [2.75, 3.05) is 64.1 Å². The highest BCUT2D eigenvalue weighted by Crippen LogP contribution is 2.42. The van der Waals surface area contributed by atoms with Crippen molar-refractivity contribution in [1.29, 1.82) is 0 Å². The molecule has 3 heterocycles. The molecular formula is C18H28N4O2. The summed E-state index contributed by atoms with van der Waals surface area (Å²) in [5, 5.41) is 0. The molecule has 0 saturated carbocycles. The van der Waals surface area contributed by atoms with E-state index in [-0.39, 0.29) is 0 Å². The van der Waals surface area contributed by atoms with Crippen molar-refractivity contribution in [1.82, 2.24) is 9.80 Å². The summed E-state index contributed by atoms with van der Waals surface area (Å²) in [7, 11) is 3.88. The van der Waals surface area contributed by atoms with Gasteiger partial charge in [-0.3, -0.25) is 4.90 Å². The number of anilines is 2. The summed E-state index contributed by atoms with van der Waals surface area (Å²) in [6.45, 7) is 6.57. The lowest BCUT2D eigenvalue weighted by atomic mass is 9.93. The summed E-state index contributed by atoms with van der Waals surface area (Å²) < 4.78 is 11.4. The minimum Gasteiger partial charge on any atom is -0.495 e. The van der Waals surface area contributed by atoms with Crippen molar-refractivity contribution in [3.05, 3.63) is 12.1 Å². The number of rotatable bonds is 2. The van der Waals surface area contributed by atoms with E-state index < -0.39 is 0 Å². The molecule has 0 aliphatic carbocycles. The maximum absolute atomic E-state index is 6.02. The summed E-state index contributed by atoms with van der Waals surface area (Å²) >= 11 is 0. The first kappa shape index (κ1) is 15.8. The number of nitrogen functional groups attached to an aromatic ring is 1. The van der Waals surface area contributed by atoms with Crippen LogP contribution in [0.1, 0.15) is 12.8 Å². The van der Waals surface area contributed by atoms with Gasteiger partial charge in [-0.25, -0.2) is 0 Å². The standard InChI is InChI=1S/C18H28N4O2/c1-20-5-7-21(8-6-20)13-3-4-22-14(9-13)12-24-18-10-15(19)17(23-2)11-16(18)22/h10-11,13-14H,3-9,12,19H2,1-2H3/t13-,14+/m0/s1. The molecule has 1 aromatic carbocycles. The number of nitrogens with two attached hydrogens (primary N) is 1. The highest BCUT2D eigenvalue weighted by atomic mass is 16.5. The molecule has 2 saturated heterocycles. The number of methoxy groups -OCH3 is 1. The second-order valence-electron chi connectivity index (χ2n) is 7.24. The van der Waals surface area contributed by atoms with Crippen LogP contribution in [0, 0.1) is 0 Å². The molecule has 6 nitrogen and oxygen atoms in total. The number of ether oxygens (including phenoxy) is 2. The highest BCUT2D eigenvalue weighted by Gasteiger charge is 2.36. The van der Waals surface area contributed by atoms with E-state index in [1.54, 1.807) is 7.11 Å². The lowest BCUT2D eigenvalue weighted by molar-refractivity contribution is 0.0822. The molecule has 4 rings (SSSR count). The van der Waals surface area contributed by atoms with E-state index >= 15 is 0 Å². The van der Waals surface area contributed by atoms with E-state index in [0.29, 0.717) is 17.8 Å². The van der Waals surface area contributed by atoms with Crippen LogP contribution in [-0.4, -0.2) is 75.4 Å². The Morgan fingerprint density at radius 3 is 2.67 bits per heavy atom. The first-order valence-electron chi connectivity index (χ1n) is 8.95. The van der Waals surface area contributed by atoms with E-state index in [0.717, 1.165) is 30.3 Å². The van der Waals surface area contributed by atoms with Crippen LogP contribution in [0.4, 0.5) is 11.4 Å². The smallest absolute Gasteiger partial charge is 0.145 e. The quantitative estimate of drug-likeness (QED) is 0.823. The van der Waals surface area contributed by atoms with Crippen LogP contribution in [0.3, 0.4) is 0 Å². The van der Waals surface area contributed by atoms with Gasteiger partial charge in [-0.2, -0.15) is 0 Å². The number of hydrogen-bond donors (Lipinski definition) is 1. The molecule has 0 spiro atoms. The van der Waals surface area contributed by atoms with Crippen LogP contribution in [0.5, 0.6) is 11.5 Å². The Morgan fingerprint density at radius 2 is 1.92 bits per heavy atom. The van der Waals surface area contributed by atoms with Crippen molar-refractivity contribution < 1.29 is 9.47 Å². The summed E-state index contributed by atoms with van der Waals surface area (Å²) in [6, 6.07) is 5.06. The maximum atomic E-state index is 6.02. The van der Waals surface area contributed by atoms with Crippen molar-refractivity contribution in [2.45, 2.75) is 24.9 Å². The highest BCUT2D eigenvalue weighted by molar-refractivity contribution is 5.71. The lowest BCUT2D eigenvalue weighted by Crippen LogP contribution is -2.57. The molecule has 0 unspecified atom stereocenters. The van der Waals surface area contributed by atoms with Crippen molar-refractivity contribution in [3.63, 3.8) is 0 Å². The first-order chi connectivity index (χ1) is 11.7. The number of piperidine rings is 1. The zero-order valence-corrected chi connectivity index (χ0v) is 14.7. The fourth-order valence-corrected chi connectivity index (χ4v) is 4.29. The lowest BCUT2D eigenvalue weighted by Gasteiger charge is -2.48. The number of likely N-dealkylation sites (N-methyl/N-ethyl adjacent to an activating group) is 1. The van der Waals surface area contributed by atoms with Crippen molar-refractivity contribution in [3.8, 4) is 11.5 Å². The van der Waals surface area contributed by atoms with Gasteiger partial charge in [0.15, 0.2) is 0 Å². The third kappa shape index (κ3) is 2.78. The first-order valence-corrected chi connectivity index (χ1v) is 8.95. The Morgan fingerprint density at radius 1 is 1.12 bits per heavy atom. The molecule has 3 aliphatic rings. The summed E-state index contributed by atoms with van der Waals surface area (Å²) in [4.78, 5) is 7.59. The van der Waals surface area contributed by atoms with Crippen LogP contribution in [-0.2, 0) is 0 Å². The van der Waals surface area contributed by atoms with Gasteiger partial charge in [0.05, 0.1) is 24.5 Å². The van der Waals surface area contributed by atoms with E-state index in [1.165, 1.54) is 39.0 Å². The largest absolute Gasteiger partial charge is 0.495 e. The number of piperazine rings is 1. The third-order valence-electron chi connectivity index (χ3n) is 5.79. The monoisotopic (exact) mass is 332 g/mol. The molecule has 0 aromatic heterocycles. The van der Waals surface area contributed by atoms with Gasteiger partial charge >= 0.3 is 0 Å². The Hall–Kier alpha value is -1.66. The zero-order valence-electron chi connectivity index (χ0n) is 14.7. The van der Waals surface area contributed by atoms with Gasteiger partial charge in [0.25, 0.3) is 0 Å². The Labute approximate surface area is 144 Å². The molecule has 24 heavy (non-hydrogen) atoms. The van der Waals surface area contributed by atoms with E-state index in [4.69, 9.17) is 15.2 Å². The van der Waals surface area contributed by atoms with E-state index in [9.17, 15) is 0 Å². The number of benzene rings is 1. The van der Waals surface area contributed by atoms with E-state index in [1.807, 2.05) is 12.1 Å². The average Bonchev–Trinajstić information content (AvgIpc) is 2.61. The molecular weight excluding hydrogens is 304 g/mol. The van der Waals surface area contributed by atoms with Gasteiger partial charge in [-0.05, 0) is 19.9 Å². The summed E-state index contributed by atoms with van der Waals surface area (Å²) in [6.07, 6.45) is 2.39. The predicted octanol–water partition coefficient (Wildman–Crippen LogP) is 1.25. The second kappa shape index (κ2) is 6.33. The maximum Gasteiger partial charge on any atom is 0.145 e. The molecule has 2 atom stereocenters. The Balaban J connectivity index is 1.49. The fourth-order valence-electron chi connectivity index (χ4n) is 4.29. The zero-order chi connectivity index (χ0) is 16.7.